The van der Waals surface area contributed by atoms with Crippen molar-refractivity contribution in [1.82, 2.24) is 14.9 Å². The molecule has 6 heteroatoms. The van der Waals surface area contributed by atoms with Crippen molar-refractivity contribution in [3.8, 4) is 11.4 Å². The molecule has 1 amide bonds. The number of amides is 1. The smallest absolute Gasteiger partial charge is 0.268 e. The fourth-order valence-corrected chi connectivity index (χ4v) is 3.00. The number of pyridine rings is 1. The van der Waals surface area contributed by atoms with Crippen LogP contribution >= 0.6 is 0 Å². The van der Waals surface area contributed by atoms with Gasteiger partial charge >= 0.3 is 0 Å². The molecule has 0 aliphatic heterocycles. The summed E-state index contributed by atoms with van der Waals surface area (Å²) in [4.78, 5) is 27.9. The summed E-state index contributed by atoms with van der Waals surface area (Å²) in [6, 6.07) is 20.8. The lowest BCUT2D eigenvalue weighted by Crippen LogP contribution is -2.23. The first-order valence-electron chi connectivity index (χ1n) is 8.48. The van der Waals surface area contributed by atoms with Crippen molar-refractivity contribution in [1.29, 1.82) is 0 Å². The normalized spacial score (nSPS) is 10.8. The van der Waals surface area contributed by atoms with Gasteiger partial charge in [-0.2, -0.15) is 0 Å². The highest BCUT2D eigenvalue weighted by molar-refractivity contribution is 5.97. The molecular weight excluding hydrogens is 342 g/mol. The maximum atomic E-state index is 12.5. The Balaban J connectivity index is 1.69. The number of hydrogen-bond donors (Lipinski definition) is 3. The second kappa shape index (κ2) is 6.84. The molecule has 2 aromatic heterocycles. The van der Waals surface area contributed by atoms with Crippen molar-refractivity contribution in [3.63, 3.8) is 0 Å². The number of nitrogens with zero attached hydrogens (tertiary/aromatic N) is 1. The molecule has 0 spiro atoms. The summed E-state index contributed by atoms with van der Waals surface area (Å²) in [5.41, 5.74) is 2.12. The number of aromatic nitrogens is 2. The first-order valence-corrected chi connectivity index (χ1v) is 8.48. The largest absolute Gasteiger partial charge is 0.508 e. The van der Waals surface area contributed by atoms with E-state index in [4.69, 9.17) is 0 Å². The van der Waals surface area contributed by atoms with Gasteiger partial charge in [0.15, 0.2) is 0 Å². The van der Waals surface area contributed by atoms with E-state index in [2.05, 4.69) is 10.3 Å². The lowest BCUT2D eigenvalue weighted by atomic mass is 10.2. The molecule has 0 aliphatic rings. The van der Waals surface area contributed by atoms with Gasteiger partial charge in [-0.3, -0.25) is 14.2 Å². The third kappa shape index (κ3) is 3.32. The third-order valence-corrected chi connectivity index (χ3v) is 4.30. The van der Waals surface area contributed by atoms with Gasteiger partial charge in [-0.1, -0.05) is 36.4 Å². The van der Waals surface area contributed by atoms with E-state index in [1.54, 1.807) is 24.3 Å². The number of benzene rings is 2. The van der Waals surface area contributed by atoms with E-state index in [-0.39, 0.29) is 17.2 Å². The van der Waals surface area contributed by atoms with Crippen LogP contribution in [0.5, 0.6) is 5.75 Å². The Hall–Kier alpha value is -3.80. The summed E-state index contributed by atoms with van der Waals surface area (Å²) < 4.78 is 1.43. The number of rotatable bonds is 4. The number of carbonyl (C=O) groups is 1. The predicted molar refractivity (Wildman–Crippen MR) is 103 cm³/mol. The maximum Gasteiger partial charge on any atom is 0.268 e. The molecule has 0 radical (unpaired) electrons. The average molecular weight is 359 g/mol. The number of phenolic OH excluding ortho intramolecular Hbond substituents is 1. The number of nitrogens with one attached hydrogen (secondary N) is 2. The highest BCUT2D eigenvalue weighted by atomic mass is 16.3. The zero-order valence-electron chi connectivity index (χ0n) is 14.3. The molecule has 4 rings (SSSR count). The Bertz CT molecular complexity index is 1180. The molecule has 0 unspecified atom stereocenters. The van der Waals surface area contributed by atoms with Crippen molar-refractivity contribution >= 4 is 16.9 Å². The van der Waals surface area contributed by atoms with Crippen LogP contribution in [0.15, 0.2) is 77.6 Å². The quantitative estimate of drug-likeness (QED) is 0.523. The molecule has 134 valence electrons. The van der Waals surface area contributed by atoms with Crippen LogP contribution in [0.3, 0.4) is 0 Å². The van der Waals surface area contributed by atoms with E-state index in [0.29, 0.717) is 23.6 Å². The standard InChI is InChI=1S/C21H17N3O3/c25-17-8-4-7-16(12-17)24-19(26)10-9-15-11-18(23-20(15)24)21(27)22-13-14-5-2-1-3-6-14/h1-12,23,25H,13H2,(H,22,27). The number of aromatic hydroxyl groups is 1. The molecule has 0 aliphatic carbocycles. The summed E-state index contributed by atoms with van der Waals surface area (Å²) >= 11 is 0. The van der Waals surface area contributed by atoms with Crippen molar-refractivity contribution in [3.05, 3.63) is 94.4 Å². The van der Waals surface area contributed by atoms with Gasteiger partial charge in [0.25, 0.3) is 11.5 Å². The Morgan fingerprint density at radius 2 is 1.81 bits per heavy atom. The summed E-state index contributed by atoms with van der Waals surface area (Å²) in [6.45, 7) is 0.411. The van der Waals surface area contributed by atoms with Crippen LogP contribution in [0.1, 0.15) is 16.1 Å². The summed E-state index contributed by atoms with van der Waals surface area (Å²) in [7, 11) is 0. The molecule has 0 bridgehead atoms. The first kappa shape index (κ1) is 16.7. The molecule has 0 fully saturated rings. The van der Waals surface area contributed by atoms with Gasteiger partial charge < -0.3 is 15.4 Å². The first-order chi connectivity index (χ1) is 13.1. The van der Waals surface area contributed by atoms with Crippen LogP contribution in [0.2, 0.25) is 0 Å². The second-order valence-corrected chi connectivity index (χ2v) is 6.18. The Morgan fingerprint density at radius 3 is 2.59 bits per heavy atom. The Kier molecular flexibility index (Phi) is 4.22. The maximum absolute atomic E-state index is 12.5. The monoisotopic (exact) mass is 359 g/mol. The minimum atomic E-state index is -0.259. The number of aromatic amines is 1. The zero-order chi connectivity index (χ0) is 18.8. The van der Waals surface area contributed by atoms with E-state index in [1.807, 2.05) is 30.3 Å². The van der Waals surface area contributed by atoms with Crippen LogP contribution in [0.25, 0.3) is 16.7 Å². The average Bonchev–Trinajstić information content (AvgIpc) is 3.11. The molecule has 6 nitrogen and oxygen atoms in total. The van der Waals surface area contributed by atoms with Crippen LogP contribution in [-0.4, -0.2) is 20.6 Å². The molecule has 2 heterocycles. The van der Waals surface area contributed by atoms with E-state index in [0.717, 1.165) is 10.9 Å². The molecule has 27 heavy (non-hydrogen) atoms. The van der Waals surface area contributed by atoms with E-state index in [1.165, 1.54) is 22.8 Å². The number of phenols is 1. The molecule has 2 aromatic carbocycles. The minimum absolute atomic E-state index is 0.0591. The molecule has 0 atom stereocenters. The lowest BCUT2D eigenvalue weighted by Gasteiger charge is -2.07. The zero-order valence-corrected chi connectivity index (χ0v) is 14.3. The van der Waals surface area contributed by atoms with Crippen LogP contribution in [0, 0.1) is 0 Å². The summed E-state index contributed by atoms with van der Waals surface area (Å²) in [5, 5.41) is 13.3. The van der Waals surface area contributed by atoms with Gasteiger partial charge in [0, 0.05) is 24.1 Å². The SMILES string of the molecule is O=C(NCc1ccccc1)c1cc2ccc(=O)n(-c3cccc(O)c3)c2[nH]1. The van der Waals surface area contributed by atoms with Crippen molar-refractivity contribution in [2.75, 3.05) is 0 Å². The second-order valence-electron chi connectivity index (χ2n) is 6.18. The van der Waals surface area contributed by atoms with Gasteiger partial charge in [0.05, 0.1) is 5.69 Å². The van der Waals surface area contributed by atoms with E-state index in [9.17, 15) is 14.7 Å². The van der Waals surface area contributed by atoms with Crippen LogP contribution in [-0.2, 0) is 6.54 Å². The van der Waals surface area contributed by atoms with E-state index >= 15 is 0 Å². The third-order valence-electron chi connectivity index (χ3n) is 4.30. The summed E-state index contributed by atoms with van der Waals surface area (Å²) in [6.07, 6.45) is 0. The molecular formula is C21H17N3O3. The van der Waals surface area contributed by atoms with Crippen molar-refractivity contribution in [2.24, 2.45) is 0 Å². The van der Waals surface area contributed by atoms with Crippen LogP contribution in [0.4, 0.5) is 0 Å². The Labute approximate surface area is 154 Å². The number of carbonyl (C=O) groups excluding carboxylic acids is 1. The highest BCUT2D eigenvalue weighted by Crippen LogP contribution is 2.20. The predicted octanol–water partition coefficient (Wildman–Crippen LogP) is 2.95. The van der Waals surface area contributed by atoms with Crippen molar-refractivity contribution < 1.29 is 9.90 Å². The lowest BCUT2D eigenvalue weighted by molar-refractivity contribution is 0.0946. The summed E-state index contributed by atoms with van der Waals surface area (Å²) in [5.74, 6) is -0.200. The number of H-pyrrole nitrogens is 1. The molecule has 0 saturated carbocycles. The fourth-order valence-electron chi connectivity index (χ4n) is 3.00. The van der Waals surface area contributed by atoms with Gasteiger partial charge in [0.2, 0.25) is 0 Å². The molecule has 0 saturated heterocycles. The molecule has 4 aromatic rings. The topological polar surface area (TPSA) is 87.1 Å². The molecule has 3 N–H and O–H groups in total. The Morgan fingerprint density at radius 1 is 1.00 bits per heavy atom. The fraction of sp³-hybridized carbons (Fsp3) is 0.0476. The number of fused-ring (bicyclic) bond motifs is 1. The van der Waals surface area contributed by atoms with Crippen LogP contribution < -0.4 is 10.9 Å². The highest BCUT2D eigenvalue weighted by Gasteiger charge is 2.13. The van der Waals surface area contributed by atoms with E-state index < -0.39 is 0 Å². The van der Waals surface area contributed by atoms with Gasteiger partial charge in [-0.15, -0.1) is 0 Å². The number of hydrogen-bond acceptors (Lipinski definition) is 3. The van der Waals surface area contributed by atoms with Gasteiger partial charge in [-0.05, 0) is 29.8 Å². The van der Waals surface area contributed by atoms with Crippen molar-refractivity contribution in [2.45, 2.75) is 6.54 Å². The van der Waals surface area contributed by atoms with Gasteiger partial charge in [-0.25, -0.2) is 0 Å². The van der Waals surface area contributed by atoms with Gasteiger partial charge in [0.1, 0.15) is 17.1 Å². The minimum Gasteiger partial charge on any atom is -0.508 e.